The van der Waals surface area contributed by atoms with E-state index in [1.807, 2.05) is 30.3 Å². The van der Waals surface area contributed by atoms with Gasteiger partial charge in [-0.05, 0) is 109 Å². The molecule has 0 heterocycles. The zero-order valence-electron chi connectivity index (χ0n) is 26.0. The Balaban J connectivity index is 1.10. The van der Waals surface area contributed by atoms with Crippen LogP contribution in [-0.2, 0) is 26.3 Å². The number of rotatable bonds is 11. The summed E-state index contributed by atoms with van der Waals surface area (Å²) in [5.74, 6) is 2.41. The number of esters is 1. The molecule has 4 aliphatic carbocycles. The Labute approximate surface area is 263 Å². The average Bonchev–Trinajstić information content (AvgIpc) is 3.05. The molecule has 0 spiro atoms. The van der Waals surface area contributed by atoms with Gasteiger partial charge < -0.3 is 29.6 Å². The highest BCUT2D eigenvalue weighted by Gasteiger charge is 2.60. The average molecular weight is 613 g/mol. The molecule has 4 bridgehead atoms. The standard InChI is InChI=1S/C36H40N2O7/c1-42-30-12-23(13-31(15-30)43-2)20-37-34(41)36-18-24-11-25(19-36)17-35(16-24,22-36)27-7-9-29(10-8-27)45-21-32(39)38-28-6-4-5-26(14-28)33(40)44-3/h4-10,12-15,24-25H,11,16-22H2,1-3H3,(H,37,41)(H,38,39). The zero-order valence-corrected chi connectivity index (χ0v) is 26.0. The second kappa shape index (κ2) is 12.5. The molecular weight excluding hydrogens is 572 g/mol. The lowest BCUT2D eigenvalue weighted by molar-refractivity contribution is -0.149. The predicted molar refractivity (Wildman–Crippen MR) is 169 cm³/mol. The largest absolute Gasteiger partial charge is 0.497 e. The minimum Gasteiger partial charge on any atom is -0.497 e. The highest BCUT2D eigenvalue weighted by Crippen LogP contribution is 2.65. The minimum absolute atomic E-state index is 0.0405. The Hall–Kier alpha value is -4.53. The van der Waals surface area contributed by atoms with E-state index >= 15 is 0 Å². The van der Waals surface area contributed by atoms with Gasteiger partial charge in [-0.2, -0.15) is 0 Å². The lowest BCUT2D eigenvalue weighted by atomic mass is 9.42. The van der Waals surface area contributed by atoms with E-state index in [-0.39, 0.29) is 29.3 Å². The van der Waals surface area contributed by atoms with Gasteiger partial charge in [0.1, 0.15) is 17.2 Å². The summed E-state index contributed by atoms with van der Waals surface area (Å²) in [4.78, 5) is 38.2. The van der Waals surface area contributed by atoms with Crippen LogP contribution in [0.4, 0.5) is 5.69 Å². The first-order valence-electron chi connectivity index (χ1n) is 15.4. The van der Waals surface area contributed by atoms with Gasteiger partial charge in [-0.3, -0.25) is 9.59 Å². The van der Waals surface area contributed by atoms with Crippen LogP contribution >= 0.6 is 0 Å². The first-order valence-corrected chi connectivity index (χ1v) is 15.4. The summed E-state index contributed by atoms with van der Waals surface area (Å²) in [5, 5.41) is 6.02. The number of ether oxygens (including phenoxy) is 4. The van der Waals surface area contributed by atoms with E-state index in [4.69, 9.17) is 18.9 Å². The van der Waals surface area contributed by atoms with Crippen molar-refractivity contribution < 1.29 is 33.3 Å². The molecule has 4 fully saturated rings. The molecule has 0 saturated heterocycles. The molecule has 2 amide bonds. The minimum atomic E-state index is -0.470. The van der Waals surface area contributed by atoms with Crippen molar-refractivity contribution in [3.05, 3.63) is 83.4 Å². The summed E-state index contributed by atoms with van der Waals surface area (Å²) in [7, 11) is 4.56. The highest BCUT2D eigenvalue weighted by molar-refractivity contribution is 5.95. The van der Waals surface area contributed by atoms with Gasteiger partial charge in [0.05, 0.1) is 32.3 Å². The fraction of sp³-hybridized carbons (Fsp3) is 0.417. The molecule has 2 atom stereocenters. The van der Waals surface area contributed by atoms with E-state index in [0.717, 1.165) is 37.7 Å². The topological polar surface area (TPSA) is 112 Å². The summed E-state index contributed by atoms with van der Waals surface area (Å²) < 4.78 is 21.3. The van der Waals surface area contributed by atoms with E-state index in [1.165, 1.54) is 19.1 Å². The molecular formula is C36H40N2O7. The van der Waals surface area contributed by atoms with Crippen LogP contribution in [0.3, 0.4) is 0 Å². The number of carbonyl (C=O) groups is 3. The van der Waals surface area contributed by atoms with E-state index in [0.29, 0.717) is 46.9 Å². The lowest BCUT2D eigenvalue weighted by Gasteiger charge is -2.61. The number of nitrogens with one attached hydrogen (secondary N) is 2. The van der Waals surface area contributed by atoms with Crippen LogP contribution in [0, 0.1) is 17.3 Å². The van der Waals surface area contributed by atoms with Crippen molar-refractivity contribution in [2.75, 3.05) is 33.3 Å². The number of carbonyl (C=O) groups excluding carboxylic acids is 3. The third-order valence-electron chi connectivity index (χ3n) is 9.81. The van der Waals surface area contributed by atoms with Crippen molar-refractivity contribution in [3.8, 4) is 17.2 Å². The molecule has 0 radical (unpaired) electrons. The molecule has 236 valence electrons. The molecule has 3 aromatic carbocycles. The van der Waals surface area contributed by atoms with Gasteiger partial charge in [0.15, 0.2) is 6.61 Å². The van der Waals surface area contributed by atoms with Crippen molar-refractivity contribution >= 4 is 23.5 Å². The van der Waals surface area contributed by atoms with Crippen LogP contribution in [-0.4, -0.2) is 45.7 Å². The second-order valence-electron chi connectivity index (χ2n) is 12.9. The molecule has 4 aliphatic rings. The quantitative estimate of drug-likeness (QED) is 0.269. The number of benzene rings is 3. The summed E-state index contributed by atoms with van der Waals surface area (Å²) in [6, 6.07) is 20.3. The van der Waals surface area contributed by atoms with Crippen LogP contribution in [0.15, 0.2) is 66.7 Å². The molecule has 0 aromatic heterocycles. The number of anilines is 1. The fourth-order valence-electron chi connectivity index (χ4n) is 8.30. The molecule has 3 aromatic rings. The third kappa shape index (κ3) is 6.34. The van der Waals surface area contributed by atoms with Gasteiger partial charge in [-0.25, -0.2) is 4.79 Å². The first-order chi connectivity index (χ1) is 21.7. The van der Waals surface area contributed by atoms with Crippen LogP contribution < -0.4 is 24.8 Å². The van der Waals surface area contributed by atoms with Gasteiger partial charge in [-0.1, -0.05) is 18.2 Å². The van der Waals surface area contributed by atoms with Crippen molar-refractivity contribution in [3.63, 3.8) is 0 Å². The third-order valence-corrected chi connectivity index (χ3v) is 9.81. The van der Waals surface area contributed by atoms with E-state index in [2.05, 4.69) is 22.8 Å². The Bertz CT molecular complexity index is 1550. The lowest BCUT2D eigenvalue weighted by Crippen LogP contribution is -2.59. The Morgan fingerprint density at radius 1 is 0.822 bits per heavy atom. The maximum Gasteiger partial charge on any atom is 0.337 e. The molecule has 2 N–H and O–H groups in total. The molecule has 2 unspecified atom stereocenters. The van der Waals surface area contributed by atoms with E-state index in [9.17, 15) is 14.4 Å². The second-order valence-corrected chi connectivity index (χ2v) is 12.9. The van der Waals surface area contributed by atoms with Crippen molar-refractivity contribution in [2.24, 2.45) is 17.3 Å². The Morgan fingerprint density at radius 2 is 1.51 bits per heavy atom. The van der Waals surface area contributed by atoms with Gasteiger partial charge in [-0.15, -0.1) is 0 Å². The summed E-state index contributed by atoms with van der Waals surface area (Å²) in [5.41, 5.74) is 2.62. The molecule has 7 rings (SSSR count). The van der Waals surface area contributed by atoms with Gasteiger partial charge in [0.25, 0.3) is 5.91 Å². The Kier molecular flexibility index (Phi) is 8.44. The maximum atomic E-state index is 13.9. The van der Waals surface area contributed by atoms with Crippen LogP contribution in [0.5, 0.6) is 17.2 Å². The SMILES string of the molecule is COC(=O)c1cccc(NC(=O)COc2ccc(C34CC5CC(CC(C(=O)NCc6cc(OC)cc(OC)c6)(C5)C3)C4)cc2)c1. The maximum absolute atomic E-state index is 13.9. The monoisotopic (exact) mass is 612 g/mol. The fourth-order valence-corrected chi connectivity index (χ4v) is 8.30. The van der Waals surface area contributed by atoms with Crippen molar-refractivity contribution in [1.82, 2.24) is 5.32 Å². The molecule has 9 nitrogen and oxygen atoms in total. The normalized spacial score (nSPS) is 24.4. The first kappa shape index (κ1) is 30.5. The number of hydrogen-bond acceptors (Lipinski definition) is 7. The highest BCUT2D eigenvalue weighted by atomic mass is 16.5. The van der Waals surface area contributed by atoms with Gasteiger partial charge >= 0.3 is 5.97 Å². The van der Waals surface area contributed by atoms with Gasteiger partial charge in [0, 0.05) is 18.3 Å². The molecule has 4 saturated carbocycles. The van der Waals surface area contributed by atoms with Crippen LogP contribution in [0.2, 0.25) is 0 Å². The van der Waals surface area contributed by atoms with Crippen LogP contribution in [0.25, 0.3) is 0 Å². The summed E-state index contributed by atoms with van der Waals surface area (Å²) >= 11 is 0. The van der Waals surface area contributed by atoms with Gasteiger partial charge in [0.2, 0.25) is 5.91 Å². The Morgan fingerprint density at radius 3 is 2.16 bits per heavy atom. The predicted octanol–water partition coefficient (Wildman–Crippen LogP) is 5.66. The molecule has 0 aliphatic heterocycles. The number of methoxy groups -OCH3 is 3. The van der Waals surface area contributed by atoms with Crippen molar-refractivity contribution in [2.45, 2.75) is 50.5 Å². The van der Waals surface area contributed by atoms with Crippen molar-refractivity contribution in [1.29, 1.82) is 0 Å². The van der Waals surface area contributed by atoms with Crippen LogP contribution in [0.1, 0.15) is 60.0 Å². The zero-order chi connectivity index (χ0) is 31.6. The summed E-state index contributed by atoms with van der Waals surface area (Å²) in [6.45, 7) is 0.256. The molecule has 9 heteroatoms. The summed E-state index contributed by atoms with van der Waals surface area (Å²) in [6.07, 6.45) is 6.11. The number of amides is 2. The van der Waals surface area contributed by atoms with E-state index < -0.39 is 5.97 Å². The smallest absolute Gasteiger partial charge is 0.337 e. The number of hydrogen-bond donors (Lipinski definition) is 2. The van der Waals surface area contributed by atoms with E-state index in [1.54, 1.807) is 38.5 Å². The molecule has 45 heavy (non-hydrogen) atoms.